The predicted octanol–water partition coefficient (Wildman–Crippen LogP) is 1.29. The highest BCUT2D eigenvalue weighted by atomic mass is 16.5. The number of carbonyl (C=O) groups is 4. The Morgan fingerprint density at radius 1 is 1.17 bits per heavy atom. The fourth-order valence-electron chi connectivity index (χ4n) is 1.92. The molecule has 7 heteroatoms. The zero-order valence-electron chi connectivity index (χ0n) is 13.3. The van der Waals surface area contributed by atoms with E-state index in [1.807, 2.05) is 0 Å². The maximum atomic E-state index is 12.2. The molecule has 1 rings (SSSR count). The van der Waals surface area contributed by atoms with Crippen LogP contribution in [0.15, 0.2) is 24.3 Å². The minimum absolute atomic E-state index is 0.0826. The van der Waals surface area contributed by atoms with E-state index in [1.54, 1.807) is 18.2 Å². The first-order valence-electron chi connectivity index (χ1n) is 7.09. The van der Waals surface area contributed by atoms with Crippen molar-refractivity contribution < 1.29 is 23.9 Å². The number of ether oxygens (including phenoxy) is 1. The lowest BCUT2D eigenvalue weighted by atomic mass is 10.1. The van der Waals surface area contributed by atoms with Crippen molar-refractivity contribution in [3.8, 4) is 0 Å². The van der Waals surface area contributed by atoms with Gasteiger partial charge in [0.2, 0.25) is 5.91 Å². The molecule has 0 aliphatic carbocycles. The summed E-state index contributed by atoms with van der Waals surface area (Å²) in [6.45, 7) is 2.77. The third kappa shape index (κ3) is 6.29. The molecule has 2 N–H and O–H groups in total. The SMILES string of the molecule is COC(=O)[C@@H](CCC(C)=O)NC(=O)c1cccc(NC(C)=O)c1. The third-order valence-corrected chi connectivity index (χ3v) is 3.02. The van der Waals surface area contributed by atoms with Crippen LogP contribution in [-0.2, 0) is 19.1 Å². The van der Waals surface area contributed by atoms with Crippen LogP contribution in [0.1, 0.15) is 37.0 Å². The summed E-state index contributed by atoms with van der Waals surface area (Å²) in [5.41, 5.74) is 0.761. The molecule has 0 spiro atoms. The molecule has 0 unspecified atom stereocenters. The minimum Gasteiger partial charge on any atom is -0.467 e. The number of carbonyl (C=O) groups excluding carboxylic acids is 4. The van der Waals surface area contributed by atoms with Crippen LogP contribution in [0.5, 0.6) is 0 Å². The molecule has 0 saturated heterocycles. The topological polar surface area (TPSA) is 102 Å². The van der Waals surface area contributed by atoms with Gasteiger partial charge in [-0.05, 0) is 31.5 Å². The van der Waals surface area contributed by atoms with Gasteiger partial charge in [0, 0.05) is 24.6 Å². The Balaban J connectivity index is 2.83. The second-order valence-corrected chi connectivity index (χ2v) is 5.05. The summed E-state index contributed by atoms with van der Waals surface area (Å²) in [6, 6.07) is 5.41. The van der Waals surface area contributed by atoms with Crippen LogP contribution in [0.2, 0.25) is 0 Å². The van der Waals surface area contributed by atoms with Crippen molar-refractivity contribution in [2.45, 2.75) is 32.7 Å². The first kappa shape index (κ1) is 18.3. The van der Waals surface area contributed by atoms with Crippen LogP contribution in [0.25, 0.3) is 0 Å². The van der Waals surface area contributed by atoms with Gasteiger partial charge in [-0.2, -0.15) is 0 Å². The zero-order valence-corrected chi connectivity index (χ0v) is 13.3. The zero-order chi connectivity index (χ0) is 17.4. The van der Waals surface area contributed by atoms with Gasteiger partial charge in [-0.1, -0.05) is 6.07 Å². The molecule has 0 aliphatic heterocycles. The number of nitrogens with one attached hydrogen (secondary N) is 2. The van der Waals surface area contributed by atoms with Crippen molar-refractivity contribution in [3.05, 3.63) is 29.8 Å². The lowest BCUT2D eigenvalue weighted by Crippen LogP contribution is -2.41. The molecule has 0 heterocycles. The molecular formula is C16H20N2O5. The van der Waals surface area contributed by atoms with Gasteiger partial charge < -0.3 is 20.2 Å². The molecule has 0 aliphatic rings. The molecule has 1 aromatic carbocycles. The predicted molar refractivity (Wildman–Crippen MR) is 83.9 cm³/mol. The summed E-state index contributed by atoms with van der Waals surface area (Å²) in [5.74, 6) is -1.44. The Labute approximate surface area is 134 Å². The second kappa shape index (κ2) is 8.67. The highest BCUT2D eigenvalue weighted by Crippen LogP contribution is 2.11. The Hall–Kier alpha value is -2.70. The van der Waals surface area contributed by atoms with E-state index in [2.05, 4.69) is 15.4 Å². The number of benzene rings is 1. The Morgan fingerprint density at radius 2 is 1.87 bits per heavy atom. The van der Waals surface area contributed by atoms with Gasteiger partial charge in [0.25, 0.3) is 5.91 Å². The Bertz CT molecular complexity index is 612. The fraction of sp³-hybridized carbons (Fsp3) is 0.375. The summed E-state index contributed by atoms with van der Waals surface area (Å²) >= 11 is 0. The van der Waals surface area contributed by atoms with Crippen LogP contribution in [0, 0.1) is 0 Å². The lowest BCUT2D eigenvalue weighted by molar-refractivity contribution is -0.143. The van der Waals surface area contributed by atoms with Gasteiger partial charge in [-0.25, -0.2) is 4.79 Å². The van der Waals surface area contributed by atoms with Gasteiger partial charge in [-0.3, -0.25) is 9.59 Å². The molecule has 0 bridgehead atoms. The third-order valence-electron chi connectivity index (χ3n) is 3.02. The summed E-state index contributed by atoms with van der Waals surface area (Å²) in [6.07, 6.45) is 0.325. The number of hydrogen-bond acceptors (Lipinski definition) is 5. The molecular weight excluding hydrogens is 300 g/mol. The summed E-state index contributed by atoms with van der Waals surface area (Å²) in [4.78, 5) is 46.0. The number of hydrogen-bond donors (Lipinski definition) is 2. The van der Waals surface area contributed by atoms with Crippen molar-refractivity contribution in [1.29, 1.82) is 0 Å². The second-order valence-electron chi connectivity index (χ2n) is 5.05. The Kier molecular flexibility index (Phi) is 6.92. The van der Waals surface area contributed by atoms with Crippen molar-refractivity contribution >= 4 is 29.3 Å². The molecule has 124 valence electrons. The number of amides is 2. The number of esters is 1. The van der Waals surface area contributed by atoms with E-state index in [0.717, 1.165) is 0 Å². The number of methoxy groups -OCH3 is 1. The maximum absolute atomic E-state index is 12.2. The van der Waals surface area contributed by atoms with Gasteiger partial charge in [0.15, 0.2) is 0 Å². The quantitative estimate of drug-likeness (QED) is 0.737. The van der Waals surface area contributed by atoms with Crippen LogP contribution in [-0.4, -0.2) is 36.7 Å². The molecule has 0 fully saturated rings. The highest BCUT2D eigenvalue weighted by molar-refractivity contribution is 5.98. The average molecular weight is 320 g/mol. The molecule has 0 radical (unpaired) electrons. The molecule has 0 saturated carbocycles. The average Bonchev–Trinajstić information content (AvgIpc) is 2.49. The van der Waals surface area contributed by atoms with Crippen LogP contribution in [0.3, 0.4) is 0 Å². The standard InChI is InChI=1S/C16H20N2O5/c1-10(19)7-8-14(16(22)23-3)18-15(21)12-5-4-6-13(9-12)17-11(2)20/h4-6,9,14H,7-8H2,1-3H3,(H,17,20)(H,18,21)/t14-/m1/s1. The number of anilines is 1. The van der Waals surface area contributed by atoms with E-state index < -0.39 is 17.9 Å². The van der Waals surface area contributed by atoms with Gasteiger partial charge in [0.05, 0.1) is 7.11 Å². The highest BCUT2D eigenvalue weighted by Gasteiger charge is 2.22. The molecule has 2 amide bonds. The summed E-state index contributed by atoms with van der Waals surface area (Å²) in [5, 5.41) is 5.11. The maximum Gasteiger partial charge on any atom is 0.328 e. The van der Waals surface area contributed by atoms with Gasteiger partial charge in [0.1, 0.15) is 11.8 Å². The largest absolute Gasteiger partial charge is 0.467 e. The van der Waals surface area contributed by atoms with Crippen molar-refractivity contribution in [1.82, 2.24) is 5.32 Å². The summed E-state index contributed by atoms with van der Waals surface area (Å²) < 4.78 is 4.64. The normalized spacial score (nSPS) is 11.3. The van der Waals surface area contributed by atoms with E-state index >= 15 is 0 Å². The number of ketones is 1. The Morgan fingerprint density at radius 3 is 2.43 bits per heavy atom. The number of Topliss-reactive ketones (excluding diaryl/α,β-unsaturated/α-hetero) is 1. The van der Waals surface area contributed by atoms with Crippen molar-refractivity contribution in [3.63, 3.8) is 0 Å². The molecule has 7 nitrogen and oxygen atoms in total. The van der Waals surface area contributed by atoms with E-state index in [-0.39, 0.29) is 30.1 Å². The molecule has 23 heavy (non-hydrogen) atoms. The first-order valence-corrected chi connectivity index (χ1v) is 7.09. The van der Waals surface area contributed by atoms with Crippen LogP contribution >= 0.6 is 0 Å². The first-order chi connectivity index (χ1) is 10.8. The minimum atomic E-state index is -0.902. The monoisotopic (exact) mass is 320 g/mol. The fourth-order valence-corrected chi connectivity index (χ4v) is 1.92. The molecule has 1 aromatic rings. The van der Waals surface area contributed by atoms with Crippen molar-refractivity contribution in [2.75, 3.05) is 12.4 Å². The van der Waals surface area contributed by atoms with E-state index in [4.69, 9.17) is 0 Å². The van der Waals surface area contributed by atoms with E-state index in [9.17, 15) is 19.2 Å². The number of rotatable bonds is 7. The molecule has 0 aromatic heterocycles. The van der Waals surface area contributed by atoms with E-state index in [1.165, 1.54) is 27.0 Å². The molecule has 1 atom stereocenters. The smallest absolute Gasteiger partial charge is 0.328 e. The summed E-state index contributed by atoms with van der Waals surface area (Å²) in [7, 11) is 1.21. The lowest BCUT2D eigenvalue weighted by Gasteiger charge is -2.16. The van der Waals surface area contributed by atoms with Gasteiger partial charge in [-0.15, -0.1) is 0 Å². The van der Waals surface area contributed by atoms with Crippen molar-refractivity contribution in [2.24, 2.45) is 0 Å². The van der Waals surface area contributed by atoms with E-state index in [0.29, 0.717) is 5.69 Å². The van der Waals surface area contributed by atoms with Crippen LogP contribution in [0.4, 0.5) is 5.69 Å². The van der Waals surface area contributed by atoms with Crippen LogP contribution < -0.4 is 10.6 Å². The van der Waals surface area contributed by atoms with Gasteiger partial charge >= 0.3 is 5.97 Å².